The zero-order valence-corrected chi connectivity index (χ0v) is 11.5. The molecule has 0 saturated carbocycles. The quantitative estimate of drug-likeness (QED) is 0.258. The summed E-state index contributed by atoms with van der Waals surface area (Å²) in [6.07, 6.45) is 1.02. The second kappa shape index (κ2) is 7.83. The molecule has 1 aromatic carbocycles. The van der Waals surface area contributed by atoms with Crippen LogP contribution in [0.1, 0.15) is 5.56 Å². The van der Waals surface area contributed by atoms with Crippen molar-refractivity contribution in [1.29, 1.82) is 0 Å². The second-order valence-corrected chi connectivity index (χ2v) is 3.68. The summed E-state index contributed by atoms with van der Waals surface area (Å²) in [4.78, 5) is 22.7. The zero-order valence-electron chi connectivity index (χ0n) is 11.5. The molecule has 0 N–H and O–H groups in total. The van der Waals surface area contributed by atoms with Crippen molar-refractivity contribution in [1.82, 2.24) is 0 Å². The van der Waals surface area contributed by atoms with Crippen LogP contribution in [-0.4, -0.2) is 33.3 Å². The van der Waals surface area contributed by atoms with Crippen molar-refractivity contribution in [2.75, 3.05) is 21.3 Å². The topological polar surface area (TPSA) is 71.1 Å². The number of hydrogen-bond donors (Lipinski definition) is 0. The van der Waals surface area contributed by atoms with Gasteiger partial charge in [-0.05, 0) is 17.7 Å². The minimum atomic E-state index is -0.817. The highest BCUT2D eigenvalue weighted by molar-refractivity contribution is 6.13. The largest absolute Gasteiger partial charge is 0.497 e. The smallest absolute Gasteiger partial charge is 0.348 e. The fourth-order valence-electron chi connectivity index (χ4n) is 1.38. The van der Waals surface area contributed by atoms with Crippen LogP contribution in [0.2, 0.25) is 0 Å². The highest BCUT2D eigenvalue weighted by atomic mass is 16.5. The lowest BCUT2D eigenvalue weighted by atomic mass is 10.2. The Kier molecular flexibility index (Phi) is 6.09. The highest BCUT2D eigenvalue weighted by Crippen LogP contribution is 2.13. The van der Waals surface area contributed by atoms with Crippen LogP contribution in [0.15, 0.2) is 36.1 Å². The van der Waals surface area contributed by atoms with Gasteiger partial charge in [0.25, 0.3) is 0 Å². The summed E-state index contributed by atoms with van der Waals surface area (Å²) in [5, 5.41) is 0. The molecule has 20 heavy (non-hydrogen) atoms. The molecule has 1 aromatic rings. The number of ether oxygens (including phenoxy) is 4. The van der Waals surface area contributed by atoms with E-state index >= 15 is 0 Å². The van der Waals surface area contributed by atoms with Gasteiger partial charge in [-0.1, -0.05) is 12.1 Å². The van der Waals surface area contributed by atoms with E-state index in [0.29, 0.717) is 5.75 Å². The number of esters is 2. The van der Waals surface area contributed by atoms with E-state index in [0.717, 1.165) is 11.8 Å². The molecule has 0 aliphatic heterocycles. The first-order valence-electron chi connectivity index (χ1n) is 5.73. The third-order valence-electron chi connectivity index (χ3n) is 2.40. The molecule has 6 nitrogen and oxygen atoms in total. The minimum Gasteiger partial charge on any atom is -0.497 e. The normalized spacial score (nSPS) is 9.35. The summed E-state index contributed by atoms with van der Waals surface area (Å²) >= 11 is 0. The molecular formula is C14H16O6. The molecule has 0 fully saturated rings. The van der Waals surface area contributed by atoms with Crippen molar-refractivity contribution in [2.24, 2.45) is 0 Å². The predicted octanol–water partition coefficient (Wildman–Crippen LogP) is 1.44. The van der Waals surface area contributed by atoms with E-state index in [4.69, 9.17) is 9.47 Å². The maximum absolute atomic E-state index is 11.4. The van der Waals surface area contributed by atoms with Crippen LogP contribution < -0.4 is 4.74 Å². The maximum Gasteiger partial charge on any atom is 0.348 e. The van der Waals surface area contributed by atoms with Crippen LogP contribution >= 0.6 is 0 Å². The van der Waals surface area contributed by atoms with Crippen molar-refractivity contribution in [3.63, 3.8) is 0 Å². The Balaban J connectivity index is 2.72. The summed E-state index contributed by atoms with van der Waals surface area (Å²) < 4.78 is 19.2. The third-order valence-corrected chi connectivity index (χ3v) is 2.40. The van der Waals surface area contributed by atoms with E-state index in [-0.39, 0.29) is 12.2 Å². The molecule has 0 amide bonds. The SMILES string of the molecule is COC(=O)C(=COCc1cccc(OC)c1)C(=O)OC. The standard InChI is InChI=1S/C14H16O6/c1-17-11-6-4-5-10(7-11)8-20-9-12(13(15)18-2)14(16)19-3/h4-7,9H,8H2,1-3H3. The van der Waals surface area contributed by atoms with Crippen LogP contribution in [0.5, 0.6) is 5.75 Å². The second-order valence-electron chi connectivity index (χ2n) is 3.68. The van der Waals surface area contributed by atoms with E-state index in [1.807, 2.05) is 12.1 Å². The Morgan fingerprint density at radius 2 is 1.75 bits per heavy atom. The first kappa shape index (κ1) is 15.6. The van der Waals surface area contributed by atoms with Gasteiger partial charge in [-0.15, -0.1) is 0 Å². The van der Waals surface area contributed by atoms with E-state index in [2.05, 4.69) is 9.47 Å². The fourth-order valence-corrected chi connectivity index (χ4v) is 1.38. The monoisotopic (exact) mass is 280 g/mol. The van der Waals surface area contributed by atoms with Gasteiger partial charge in [0.1, 0.15) is 18.6 Å². The van der Waals surface area contributed by atoms with Crippen LogP contribution in [-0.2, 0) is 30.4 Å². The van der Waals surface area contributed by atoms with Crippen LogP contribution in [0.4, 0.5) is 0 Å². The van der Waals surface area contributed by atoms with Gasteiger partial charge < -0.3 is 18.9 Å². The maximum atomic E-state index is 11.4. The summed E-state index contributed by atoms with van der Waals surface area (Å²) in [5.74, 6) is -0.943. The van der Waals surface area contributed by atoms with Crippen molar-refractivity contribution in [2.45, 2.75) is 6.61 Å². The number of methoxy groups -OCH3 is 3. The molecule has 0 unspecified atom stereocenters. The number of hydrogen-bond acceptors (Lipinski definition) is 6. The van der Waals surface area contributed by atoms with Gasteiger partial charge in [-0.25, -0.2) is 9.59 Å². The van der Waals surface area contributed by atoms with E-state index < -0.39 is 11.9 Å². The van der Waals surface area contributed by atoms with E-state index in [1.54, 1.807) is 19.2 Å². The molecule has 0 aliphatic rings. The average Bonchev–Trinajstić information content (AvgIpc) is 2.50. The van der Waals surface area contributed by atoms with Crippen LogP contribution in [0, 0.1) is 0 Å². The molecule has 0 radical (unpaired) electrons. The lowest BCUT2D eigenvalue weighted by Crippen LogP contribution is -2.16. The van der Waals surface area contributed by atoms with Gasteiger partial charge in [-0.3, -0.25) is 0 Å². The first-order chi connectivity index (χ1) is 9.62. The van der Waals surface area contributed by atoms with Crippen molar-refractivity contribution >= 4 is 11.9 Å². The van der Waals surface area contributed by atoms with Crippen molar-refractivity contribution < 1.29 is 28.5 Å². The van der Waals surface area contributed by atoms with Crippen LogP contribution in [0.25, 0.3) is 0 Å². The summed E-state index contributed by atoms with van der Waals surface area (Å²) in [6, 6.07) is 7.21. The number of rotatable bonds is 6. The molecule has 0 saturated heterocycles. The Hall–Kier alpha value is -2.50. The van der Waals surface area contributed by atoms with Gasteiger partial charge >= 0.3 is 11.9 Å². The van der Waals surface area contributed by atoms with E-state index in [1.165, 1.54) is 14.2 Å². The average molecular weight is 280 g/mol. The number of carbonyl (C=O) groups excluding carboxylic acids is 2. The summed E-state index contributed by atoms with van der Waals surface area (Å²) in [5.41, 5.74) is 0.521. The van der Waals surface area contributed by atoms with Crippen molar-refractivity contribution in [3.05, 3.63) is 41.7 Å². The number of benzene rings is 1. The van der Waals surface area contributed by atoms with Gasteiger partial charge in [0.15, 0.2) is 5.57 Å². The van der Waals surface area contributed by atoms with Crippen LogP contribution in [0.3, 0.4) is 0 Å². The Bertz CT molecular complexity index is 488. The summed E-state index contributed by atoms with van der Waals surface area (Å²) in [7, 11) is 3.90. The van der Waals surface area contributed by atoms with Gasteiger partial charge in [0.05, 0.1) is 21.3 Å². The van der Waals surface area contributed by atoms with E-state index in [9.17, 15) is 9.59 Å². The molecule has 0 aliphatic carbocycles. The summed E-state index contributed by atoms with van der Waals surface area (Å²) in [6.45, 7) is 0.175. The molecule has 108 valence electrons. The number of carbonyl (C=O) groups is 2. The molecule has 0 atom stereocenters. The Morgan fingerprint density at radius 3 is 2.30 bits per heavy atom. The molecule has 6 heteroatoms. The molecule has 0 spiro atoms. The molecule has 0 aromatic heterocycles. The zero-order chi connectivity index (χ0) is 15.0. The van der Waals surface area contributed by atoms with Gasteiger partial charge in [0, 0.05) is 0 Å². The van der Waals surface area contributed by atoms with Gasteiger partial charge in [-0.2, -0.15) is 0 Å². The van der Waals surface area contributed by atoms with Crippen molar-refractivity contribution in [3.8, 4) is 5.75 Å². The molecule has 1 rings (SSSR count). The molecule has 0 bridgehead atoms. The lowest BCUT2D eigenvalue weighted by molar-refractivity contribution is -0.144. The fraction of sp³-hybridized carbons (Fsp3) is 0.286. The lowest BCUT2D eigenvalue weighted by Gasteiger charge is -2.06. The molecule has 0 heterocycles. The van der Waals surface area contributed by atoms with Gasteiger partial charge in [0.2, 0.25) is 0 Å². The Labute approximate surface area is 116 Å². The minimum absolute atomic E-state index is 0.175. The first-order valence-corrected chi connectivity index (χ1v) is 5.73. The highest BCUT2D eigenvalue weighted by Gasteiger charge is 2.20. The Morgan fingerprint density at radius 1 is 1.10 bits per heavy atom. The predicted molar refractivity (Wildman–Crippen MR) is 69.9 cm³/mol. The third kappa shape index (κ3) is 4.31. The molecular weight excluding hydrogens is 264 g/mol.